The van der Waals surface area contributed by atoms with Crippen LogP contribution in [0.2, 0.25) is 0 Å². The number of rotatable bonds is 2. The molecule has 0 heterocycles. The molecule has 0 aliphatic heterocycles. The number of nitrogens with one attached hydrogen (secondary N) is 1. The number of allylic oxidation sites excluding steroid dienone is 2. The quantitative estimate of drug-likeness (QED) is 0.150. The van der Waals surface area contributed by atoms with E-state index < -0.39 is 0 Å². The molecule has 0 aromatic carbocycles. The van der Waals surface area contributed by atoms with Gasteiger partial charge in [-0.1, -0.05) is 27.4 Å². The van der Waals surface area contributed by atoms with Crippen LogP contribution in [0.5, 0.6) is 0 Å². The van der Waals surface area contributed by atoms with Crippen LogP contribution in [0.15, 0.2) is 30.3 Å². The average Bonchev–Trinajstić information content (AvgIpc) is 2.42. The third-order valence-corrected chi connectivity index (χ3v) is 1.04. The largest absolute Gasteiger partial charge is 0.570 e. The van der Waals surface area contributed by atoms with E-state index in [4.69, 9.17) is 0 Å². The fraction of sp³-hybridized carbons (Fsp3) is 0.476. The number of hydrogen-bond donors (Lipinski definition) is 2. The molecule has 0 aromatic rings. The molecule has 0 bridgehead atoms. The summed E-state index contributed by atoms with van der Waals surface area (Å²) in [6, 6.07) is 0. The zero-order valence-corrected chi connectivity index (χ0v) is 31.1. The fourth-order valence-electron chi connectivity index (χ4n) is 0. The van der Waals surface area contributed by atoms with Gasteiger partial charge in [0.2, 0.25) is 0 Å². The summed E-state index contributed by atoms with van der Waals surface area (Å²) in [5.41, 5.74) is 5.75. The van der Waals surface area contributed by atoms with Gasteiger partial charge >= 0.3 is 0 Å². The molecule has 0 amide bonds. The van der Waals surface area contributed by atoms with E-state index in [-0.39, 0.29) is 175 Å². The number of hydrogen-bond acceptors (Lipinski definition) is 3. The topological polar surface area (TPSA) is 50.4 Å². The Labute approximate surface area is 285 Å². The third-order valence-electron chi connectivity index (χ3n) is 1.04. The summed E-state index contributed by atoms with van der Waals surface area (Å²) in [5.74, 6) is 0. The van der Waals surface area contributed by atoms with Gasteiger partial charge in [0.15, 0.2) is 0 Å². The van der Waals surface area contributed by atoms with Crippen molar-refractivity contribution in [2.45, 2.75) is 49.0 Å². The van der Waals surface area contributed by atoms with Crippen LogP contribution in [-0.4, -0.2) is 27.4 Å². The van der Waals surface area contributed by atoms with Crippen LogP contribution in [0.25, 0.3) is 0 Å². The first-order chi connectivity index (χ1) is 8.51. The Kier molecular flexibility index (Phi) is 678. The Hall–Kier alpha value is 3.07. The maximum absolute atomic E-state index is 4.50. The third kappa shape index (κ3) is 459. The summed E-state index contributed by atoms with van der Waals surface area (Å²) in [7, 11) is 5.01. The van der Waals surface area contributed by atoms with Gasteiger partial charge in [0.05, 0.1) is 0 Å². The van der Waals surface area contributed by atoms with Crippen LogP contribution in [0, 0.1) is 42.0 Å². The molecule has 0 saturated carbocycles. The van der Waals surface area contributed by atoms with Crippen LogP contribution in [0.1, 0.15) is 49.0 Å². The van der Waals surface area contributed by atoms with E-state index >= 15 is 0 Å². The monoisotopic (exact) mass is 703 g/mol. The van der Waals surface area contributed by atoms with Gasteiger partial charge in [0, 0.05) is 138 Å². The zero-order chi connectivity index (χ0) is 15.8. The molecular weight excluding hydrogens is 650 g/mol. The van der Waals surface area contributed by atoms with E-state index in [2.05, 4.69) is 55.0 Å². The summed E-state index contributed by atoms with van der Waals surface area (Å²) in [6.45, 7) is 17.9. The molecule has 0 fully saturated rings. The maximum atomic E-state index is 4.50. The van der Waals surface area contributed by atoms with E-state index in [1.807, 2.05) is 13.8 Å². The fourth-order valence-corrected chi connectivity index (χ4v) is 0. The first-order valence-corrected chi connectivity index (χ1v) is 5.73. The van der Waals surface area contributed by atoms with Crippen LogP contribution in [0.3, 0.4) is 0 Å². The second-order valence-electron chi connectivity index (χ2n) is 2.61. The van der Waals surface area contributed by atoms with E-state index in [1.54, 1.807) is 27.2 Å². The van der Waals surface area contributed by atoms with Crippen molar-refractivity contribution < 1.29 is 131 Å². The predicted octanol–water partition coefficient (Wildman–Crippen LogP) is 6.47. The van der Waals surface area contributed by atoms with E-state index in [9.17, 15) is 0 Å². The molecule has 0 atom stereocenters. The van der Waals surface area contributed by atoms with Crippen molar-refractivity contribution in [3.05, 3.63) is 67.3 Å². The van der Waals surface area contributed by atoms with Crippen molar-refractivity contribution >= 4 is 6.21 Å². The molecule has 3 N–H and O–H groups in total. The SMILES string of the molecule is C.C.C=C(C)CC.C=[C-]C.C=[C-]NC.CC=NC.CN.[CH3-].[CH3-].[CH3-].[CH3-].[Y].[Y].[Y].[Y]. The average molecular weight is 703 g/mol. The molecule has 28 heavy (non-hydrogen) atoms. The van der Waals surface area contributed by atoms with Crippen LogP contribution in [-0.2, 0) is 131 Å². The first kappa shape index (κ1) is 109. The molecule has 7 heteroatoms. The Morgan fingerprint density at radius 3 is 1.11 bits per heavy atom. The Balaban J connectivity index is -0.00000000542. The molecule has 0 aromatic heterocycles. The second-order valence-corrected chi connectivity index (χ2v) is 2.61. The molecule has 0 rings (SSSR count). The molecule has 0 spiro atoms. The van der Waals surface area contributed by atoms with Crippen molar-refractivity contribution in [3.8, 4) is 0 Å². The minimum Gasteiger partial charge on any atom is -0.570 e. The Morgan fingerprint density at radius 1 is 1.00 bits per heavy atom. The molecule has 0 unspecified atom stereocenters. The van der Waals surface area contributed by atoms with Gasteiger partial charge in [-0.05, 0) is 40.6 Å². The standard InChI is InChI=1S/C5H10.C3H7N.C3H6N.C3H5.CH5N.2CH4.4CH3.4Y/c1-4-5(2)3;2*1-3-4-2;1-3-2;1-2;;;;;;;;;;/h2,4H2,1,3H3;3H,1-2H3;4H,1H2,2H3;1H2,2H3;2H2,1H3;2*1H4;4*1H3;;;;/q;;2*-1;;;;4*-1;;;;. The van der Waals surface area contributed by atoms with Crippen molar-refractivity contribution in [1.29, 1.82) is 0 Å². The van der Waals surface area contributed by atoms with Gasteiger partial charge in [-0.2, -0.15) is 6.92 Å². The normalized spacial score (nSPS) is 4.14. The van der Waals surface area contributed by atoms with Crippen LogP contribution < -0.4 is 11.1 Å². The van der Waals surface area contributed by atoms with Gasteiger partial charge in [0.25, 0.3) is 0 Å². The first-order valence-electron chi connectivity index (χ1n) is 5.73. The van der Waals surface area contributed by atoms with Gasteiger partial charge in [-0.25, -0.2) is 0 Å². The summed E-state index contributed by atoms with van der Waals surface area (Å²) < 4.78 is 0. The van der Waals surface area contributed by atoms with E-state index in [0.717, 1.165) is 6.42 Å². The van der Waals surface area contributed by atoms with Gasteiger partial charge in [-0.3, -0.25) is 13.2 Å². The Bertz CT molecular complexity index is 175. The molecule has 0 aliphatic rings. The molecular formula is C21H53N3Y4-6. The summed E-state index contributed by atoms with van der Waals surface area (Å²) in [4.78, 5) is 3.61. The van der Waals surface area contributed by atoms with Crippen molar-refractivity contribution in [1.82, 2.24) is 5.32 Å². The minimum absolute atomic E-state index is 0. The summed E-state index contributed by atoms with van der Waals surface area (Å²) in [5, 5.41) is 2.57. The maximum Gasteiger partial charge on any atom is 0.0273 e. The van der Waals surface area contributed by atoms with Crippen molar-refractivity contribution in [2.24, 2.45) is 10.7 Å². The van der Waals surface area contributed by atoms with Crippen molar-refractivity contribution in [2.75, 3.05) is 21.1 Å². The van der Waals surface area contributed by atoms with E-state index in [1.165, 1.54) is 12.6 Å². The Morgan fingerprint density at radius 2 is 1.11 bits per heavy atom. The molecule has 4 radical (unpaired) electrons. The number of nitrogens with zero attached hydrogens (tertiary/aromatic N) is 1. The smallest absolute Gasteiger partial charge is 0.0273 e. The minimum atomic E-state index is 0. The molecule has 3 nitrogen and oxygen atoms in total. The summed E-state index contributed by atoms with van der Waals surface area (Å²) in [6.07, 6.45) is 7.79. The second kappa shape index (κ2) is 174. The number of nitrogens with two attached hydrogens (primary N) is 1. The van der Waals surface area contributed by atoms with Gasteiger partial charge in [-0.15, -0.1) is 6.58 Å². The van der Waals surface area contributed by atoms with Crippen LogP contribution >= 0.6 is 0 Å². The molecule has 0 saturated heterocycles. The predicted molar refractivity (Wildman–Crippen MR) is 127 cm³/mol. The molecule has 170 valence electrons. The van der Waals surface area contributed by atoms with Crippen molar-refractivity contribution in [3.63, 3.8) is 0 Å². The molecule has 0 aliphatic carbocycles. The van der Waals surface area contributed by atoms with Gasteiger partial charge in [0.1, 0.15) is 0 Å². The van der Waals surface area contributed by atoms with Gasteiger partial charge < -0.3 is 58.0 Å². The van der Waals surface area contributed by atoms with E-state index in [0.29, 0.717) is 0 Å². The number of aliphatic imine (C=N–C) groups is 1. The summed E-state index contributed by atoms with van der Waals surface area (Å²) >= 11 is 0. The van der Waals surface area contributed by atoms with Crippen LogP contribution in [0.4, 0.5) is 0 Å². The zero-order valence-electron chi connectivity index (χ0n) is 19.7.